The van der Waals surface area contributed by atoms with E-state index in [1.165, 1.54) is 58.5 Å². The van der Waals surface area contributed by atoms with Crippen molar-refractivity contribution in [2.24, 2.45) is 0 Å². The Morgan fingerprint density at radius 2 is 1.40 bits per heavy atom. The quantitative estimate of drug-likeness (QED) is 0.132. The topological polar surface area (TPSA) is 3.24 Å². The zero-order chi connectivity index (χ0) is 28.7. The van der Waals surface area contributed by atoms with Gasteiger partial charge in [0.1, 0.15) is 0 Å². The molecule has 0 saturated carbocycles. The molecule has 1 aromatic heterocycles. The highest BCUT2D eigenvalue weighted by molar-refractivity contribution is 8.03. The van der Waals surface area contributed by atoms with Gasteiger partial charge in [-0.3, -0.25) is 0 Å². The van der Waals surface area contributed by atoms with Gasteiger partial charge in [-0.25, -0.2) is 0 Å². The summed E-state index contributed by atoms with van der Waals surface area (Å²) in [7, 11) is 0. The third-order valence-electron chi connectivity index (χ3n) is 7.56. The maximum Gasteiger partial charge on any atom is 0.0458 e. The summed E-state index contributed by atoms with van der Waals surface area (Å²) in [6.07, 6.45) is 14.6. The van der Waals surface area contributed by atoms with Gasteiger partial charge in [-0.2, -0.15) is 0 Å². The van der Waals surface area contributed by atoms with Crippen molar-refractivity contribution in [3.05, 3.63) is 166 Å². The van der Waals surface area contributed by atoms with Crippen molar-refractivity contribution in [3.8, 4) is 0 Å². The Morgan fingerprint density at radius 1 is 0.762 bits per heavy atom. The second-order valence-corrected chi connectivity index (χ2v) is 12.6. The predicted molar refractivity (Wildman–Crippen MR) is 186 cm³/mol. The molecule has 208 valence electrons. The zero-order valence-electron chi connectivity index (χ0n) is 24.2. The number of rotatable bonds is 8. The van der Waals surface area contributed by atoms with Crippen LogP contribution in [0.4, 0.5) is 11.4 Å². The van der Waals surface area contributed by atoms with Crippen molar-refractivity contribution in [2.45, 2.75) is 38.0 Å². The first kappa shape index (κ1) is 28.1. The largest absolute Gasteiger partial charge is 0.314 e. The summed E-state index contributed by atoms with van der Waals surface area (Å²) in [5.41, 5.74) is 7.58. The summed E-state index contributed by atoms with van der Waals surface area (Å²) < 4.78 is 1.36. The van der Waals surface area contributed by atoms with Gasteiger partial charge >= 0.3 is 0 Å². The summed E-state index contributed by atoms with van der Waals surface area (Å²) in [6, 6.07) is 38.9. The number of nitrogens with zero attached hydrogens (tertiary/aromatic N) is 1. The van der Waals surface area contributed by atoms with Gasteiger partial charge in [0.15, 0.2) is 0 Å². The molecule has 0 fully saturated rings. The molecule has 3 heteroatoms. The Balaban J connectivity index is 1.49. The number of hydrogen-bond acceptors (Lipinski definition) is 3. The number of para-hydroxylation sites is 2. The van der Waals surface area contributed by atoms with E-state index in [0.717, 1.165) is 19.3 Å². The number of hydrogen-bond donors (Lipinski definition) is 0. The molecule has 0 unspecified atom stereocenters. The highest BCUT2D eigenvalue weighted by Crippen LogP contribution is 2.41. The molecular formula is C39H35NS2. The van der Waals surface area contributed by atoms with Crippen molar-refractivity contribution in [1.82, 2.24) is 0 Å². The predicted octanol–water partition coefficient (Wildman–Crippen LogP) is 11.9. The third-order valence-corrected chi connectivity index (χ3v) is 10.2. The first-order chi connectivity index (χ1) is 20.7. The van der Waals surface area contributed by atoms with Crippen molar-refractivity contribution in [2.75, 3.05) is 4.90 Å². The lowest BCUT2D eigenvalue weighted by atomic mass is 10.0. The Bertz CT molecular complexity index is 1750. The van der Waals surface area contributed by atoms with Crippen LogP contribution in [0.5, 0.6) is 0 Å². The van der Waals surface area contributed by atoms with Crippen LogP contribution in [0.1, 0.15) is 35.8 Å². The fourth-order valence-corrected chi connectivity index (χ4v) is 7.57. The number of aryl methyl sites for hydroxylation is 2. The summed E-state index contributed by atoms with van der Waals surface area (Å²) in [6.45, 7) is 4.48. The van der Waals surface area contributed by atoms with E-state index < -0.39 is 0 Å². The van der Waals surface area contributed by atoms with Crippen LogP contribution < -0.4 is 4.90 Å². The highest BCUT2D eigenvalue weighted by atomic mass is 32.2. The standard InChI is InChI=1S/C39H35NS2/c1-3-36-35(34-23-13-15-25-38(34)41-36)28-39(42-37-24-14-10-16-29(37)2)30-17-11-12-22-33(27-26-30)40(31-18-6-4-7-19-31)32-20-8-5-9-21-32/h4-16,18-21,23-28H,3,17,22H2,1-2H3/b12-11?,30-26+,33-27+,39-28+. The number of allylic oxidation sites excluding steroid dienone is 5. The lowest BCUT2D eigenvalue weighted by molar-refractivity contribution is 1.06. The van der Waals surface area contributed by atoms with Crippen LogP contribution in [0.15, 0.2) is 155 Å². The average molecular weight is 582 g/mol. The van der Waals surface area contributed by atoms with Crippen LogP contribution in [-0.2, 0) is 6.42 Å². The molecule has 1 heterocycles. The number of thioether (sulfide) groups is 1. The van der Waals surface area contributed by atoms with Crippen molar-refractivity contribution in [1.29, 1.82) is 0 Å². The minimum absolute atomic E-state index is 0.868. The third kappa shape index (κ3) is 6.23. The van der Waals surface area contributed by atoms with Gasteiger partial charge < -0.3 is 4.90 Å². The van der Waals surface area contributed by atoms with Crippen LogP contribution in [0.3, 0.4) is 0 Å². The normalized spacial score (nSPS) is 16.3. The monoisotopic (exact) mass is 581 g/mol. The van der Waals surface area contributed by atoms with Crippen LogP contribution in [0.2, 0.25) is 0 Å². The molecule has 1 aliphatic carbocycles. The molecular weight excluding hydrogens is 547 g/mol. The second-order valence-electron chi connectivity index (χ2n) is 10.4. The smallest absolute Gasteiger partial charge is 0.0458 e. The van der Waals surface area contributed by atoms with Crippen molar-refractivity contribution >= 4 is 50.6 Å². The highest BCUT2D eigenvalue weighted by Gasteiger charge is 2.17. The molecule has 6 rings (SSSR count). The molecule has 0 amide bonds. The van der Waals surface area contributed by atoms with Crippen LogP contribution in [0, 0.1) is 6.92 Å². The van der Waals surface area contributed by atoms with E-state index in [2.05, 4.69) is 158 Å². The average Bonchev–Trinajstić information content (AvgIpc) is 3.38. The number of thiophene rings is 1. The molecule has 0 atom stereocenters. The molecule has 0 spiro atoms. The van der Waals surface area contributed by atoms with E-state index in [-0.39, 0.29) is 0 Å². The molecule has 5 aromatic rings. The van der Waals surface area contributed by atoms with E-state index in [4.69, 9.17) is 0 Å². The lowest BCUT2D eigenvalue weighted by Crippen LogP contribution is -2.16. The van der Waals surface area contributed by atoms with Gasteiger partial charge in [-0.05, 0) is 85.0 Å². The van der Waals surface area contributed by atoms with Crippen LogP contribution in [0.25, 0.3) is 16.2 Å². The van der Waals surface area contributed by atoms with E-state index in [9.17, 15) is 0 Å². The summed E-state index contributed by atoms with van der Waals surface area (Å²) in [5, 5.41) is 1.35. The van der Waals surface area contributed by atoms with Gasteiger partial charge in [0.25, 0.3) is 0 Å². The zero-order valence-corrected chi connectivity index (χ0v) is 25.8. The lowest BCUT2D eigenvalue weighted by Gasteiger charge is -2.28. The molecule has 0 aliphatic heterocycles. The Hall–Kier alpha value is -4.05. The summed E-state index contributed by atoms with van der Waals surface area (Å²) in [4.78, 5) is 6.42. The fraction of sp³-hybridized carbons (Fsp3) is 0.128. The minimum Gasteiger partial charge on any atom is -0.314 e. The van der Waals surface area contributed by atoms with Crippen LogP contribution in [-0.4, -0.2) is 0 Å². The Morgan fingerprint density at radius 3 is 2.12 bits per heavy atom. The Labute approximate surface area is 258 Å². The van der Waals surface area contributed by atoms with Gasteiger partial charge in [0.05, 0.1) is 0 Å². The molecule has 1 aliphatic rings. The Kier molecular flexibility index (Phi) is 8.89. The number of fused-ring (bicyclic) bond motifs is 1. The van der Waals surface area contributed by atoms with Gasteiger partial charge in [-0.15, -0.1) is 11.3 Å². The summed E-state index contributed by atoms with van der Waals surface area (Å²) in [5.74, 6) is 0. The van der Waals surface area contributed by atoms with Gasteiger partial charge in [0, 0.05) is 48.3 Å². The van der Waals surface area contributed by atoms with Crippen molar-refractivity contribution < 1.29 is 0 Å². The van der Waals surface area contributed by atoms with Crippen LogP contribution >= 0.6 is 23.1 Å². The first-order valence-electron chi connectivity index (χ1n) is 14.6. The van der Waals surface area contributed by atoms with E-state index in [0.29, 0.717) is 0 Å². The number of anilines is 2. The molecule has 4 aromatic carbocycles. The SMILES string of the molecule is CCc1sc2ccccc2c1\C=C(Sc1ccccc1C)/C1=C/C=C(/N(c2ccccc2)c2ccccc2)CC=CC1. The van der Waals surface area contributed by atoms with E-state index in [1.807, 2.05) is 23.1 Å². The molecule has 0 radical (unpaired) electrons. The van der Waals surface area contributed by atoms with E-state index in [1.54, 1.807) is 0 Å². The van der Waals surface area contributed by atoms with E-state index >= 15 is 0 Å². The molecule has 0 saturated heterocycles. The fourth-order valence-electron chi connectivity index (χ4n) is 5.38. The molecule has 0 bridgehead atoms. The summed E-state index contributed by atoms with van der Waals surface area (Å²) >= 11 is 3.81. The number of benzene rings is 4. The molecule has 0 N–H and O–H groups in total. The first-order valence-corrected chi connectivity index (χ1v) is 16.3. The second kappa shape index (κ2) is 13.3. The van der Waals surface area contributed by atoms with Gasteiger partial charge in [-0.1, -0.05) is 110 Å². The van der Waals surface area contributed by atoms with Gasteiger partial charge in [0.2, 0.25) is 0 Å². The molecule has 42 heavy (non-hydrogen) atoms. The maximum absolute atomic E-state index is 2.45. The van der Waals surface area contributed by atoms with Crippen molar-refractivity contribution in [3.63, 3.8) is 0 Å². The maximum atomic E-state index is 2.45. The minimum atomic E-state index is 0.868. The molecule has 1 nitrogen and oxygen atoms in total.